The number of carbonyl (C=O) groups excluding carboxylic acids is 1. The predicted octanol–water partition coefficient (Wildman–Crippen LogP) is 3.83. The first-order valence-corrected chi connectivity index (χ1v) is 6.98. The Hall–Kier alpha value is -1.31. The smallest absolute Gasteiger partial charge is 0.220 e. The predicted molar refractivity (Wildman–Crippen MR) is 81.4 cm³/mol. The van der Waals surface area contributed by atoms with E-state index in [4.69, 9.17) is 0 Å². The molecule has 19 heavy (non-hydrogen) atoms. The molecule has 1 aromatic carbocycles. The lowest BCUT2D eigenvalue weighted by Gasteiger charge is -2.21. The standard InChI is InChI=1S/C17H27NO/c1-16(2,3)14-9-7-8-13(12-14)10-11-15(19)18-17(4,5)6/h7-9,12H,10-11H2,1-6H3,(H,18,19). The summed E-state index contributed by atoms with van der Waals surface area (Å²) in [6.45, 7) is 12.6. The number of aryl methyl sites for hydroxylation is 1. The van der Waals surface area contributed by atoms with Crippen molar-refractivity contribution in [1.82, 2.24) is 5.32 Å². The number of rotatable bonds is 3. The first kappa shape index (κ1) is 15.7. The molecule has 0 radical (unpaired) electrons. The molecule has 106 valence electrons. The van der Waals surface area contributed by atoms with Gasteiger partial charge in [-0.1, -0.05) is 45.0 Å². The fourth-order valence-electron chi connectivity index (χ4n) is 1.93. The van der Waals surface area contributed by atoms with Crippen molar-refractivity contribution in [2.75, 3.05) is 0 Å². The number of hydrogen-bond acceptors (Lipinski definition) is 1. The van der Waals surface area contributed by atoms with Crippen LogP contribution in [-0.2, 0) is 16.6 Å². The Morgan fingerprint density at radius 1 is 1.11 bits per heavy atom. The molecule has 0 aliphatic heterocycles. The minimum absolute atomic E-state index is 0.119. The Morgan fingerprint density at radius 3 is 2.26 bits per heavy atom. The van der Waals surface area contributed by atoms with Gasteiger partial charge in [-0.05, 0) is 43.7 Å². The lowest BCUT2D eigenvalue weighted by Crippen LogP contribution is -2.40. The van der Waals surface area contributed by atoms with E-state index in [1.54, 1.807) is 0 Å². The zero-order valence-electron chi connectivity index (χ0n) is 13.1. The second-order valence-corrected chi connectivity index (χ2v) is 7.25. The first-order valence-electron chi connectivity index (χ1n) is 6.98. The van der Waals surface area contributed by atoms with Crippen LogP contribution in [0.5, 0.6) is 0 Å². The molecule has 0 atom stereocenters. The third-order valence-corrected chi connectivity index (χ3v) is 2.95. The highest BCUT2D eigenvalue weighted by atomic mass is 16.1. The third-order valence-electron chi connectivity index (χ3n) is 2.95. The number of amides is 1. The van der Waals surface area contributed by atoms with E-state index in [1.807, 2.05) is 20.8 Å². The van der Waals surface area contributed by atoms with E-state index in [9.17, 15) is 4.79 Å². The van der Waals surface area contributed by atoms with Crippen LogP contribution in [0.15, 0.2) is 24.3 Å². The third kappa shape index (κ3) is 5.91. The van der Waals surface area contributed by atoms with Gasteiger partial charge in [-0.3, -0.25) is 4.79 Å². The van der Waals surface area contributed by atoms with Gasteiger partial charge in [-0.2, -0.15) is 0 Å². The van der Waals surface area contributed by atoms with Crippen molar-refractivity contribution in [2.24, 2.45) is 0 Å². The van der Waals surface area contributed by atoms with Crippen molar-refractivity contribution in [3.05, 3.63) is 35.4 Å². The van der Waals surface area contributed by atoms with Crippen LogP contribution in [0.4, 0.5) is 0 Å². The monoisotopic (exact) mass is 261 g/mol. The number of benzene rings is 1. The molecule has 1 rings (SSSR count). The van der Waals surface area contributed by atoms with Gasteiger partial charge in [0.05, 0.1) is 0 Å². The van der Waals surface area contributed by atoms with E-state index in [0.717, 1.165) is 6.42 Å². The van der Waals surface area contributed by atoms with Crippen LogP contribution in [0.2, 0.25) is 0 Å². The van der Waals surface area contributed by atoms with Gasteiger partial charge in [-0.25, -0.2) is 0 Å². The second kappa shape index (κ2) is 5.77. The molecule has 0 aromatic heterocycles. The van der Waals surface area contributed by atoms with Crippen LogP contribution in [0.25, 0.3) is 0 Å². The van der Waals surface area contributed by atoms with Crippen molar-refractivity contribution in [1.29, 1.82) is 0 Å². The van der Waals surface area contributed by atoms with Crippen molar-refractivity contribution < 1.29 is 4.79 Å². The Kier molecular flexibility index (Phi) is 4.78. The van der Waals surface area contributed by atoms with E-state index >= 15 is 0 Å². The van der Waals surface area contributed by atoms with Crippen LogP contribution in [0.1, 0.15) is 59.1 Å². The number of carbonyl (C=O) groups is 1. The largest absolute Gasteiger partial charge is 0.351 e. The summed E-state index contributed by atoms with van der Waals surface area (Å²) in [5.74, 6) is 0.119. The van der Waals surface area contributed by atoms with Gasteiger partial charge in [-0.15, -0.1) is 0 Å². The molecule has 0 aliphatic carbocycles. The summed E-state index contributed by atoms with van der Waals surface area (Å²) in [5.41, 5.74) is 2.56. The summed E-state index contributed by atoms with van der Waals surface area (Å²) in [7, 11) is 0. The molecule has 0 bridgehead atoms. The summed E-state index contributed by atoms with van der Waals surface area (Å²) in [6.07, 6.45) is 1.34. The van der Waals surface area contributed by atoms with E-state index in [1.165, 1.54) is 11.1 Å². The second-order valence-electron chi connectivity index (χ2n) is 7.25. The molecule has 0 aliphatic rings. The minimum atomic E-state index is -0.148. The van der Waals surface area contributed by atoms with Crippen molar-refractivity contribution in [3.8, 4) is 0 Å². The normalized spacial score (nSPS) is 12.3. The van der Waals surface area contributed by atoms with Gasteiger partial charge in [0.15, 0.2) is 0 Å². The maximum atomic E-state index is 11.8. The lowest BCUT2D eigenvalue weighted by atomic mass is 9.86. The molecule has 1 N–H and O–H groups in total. The Morgan fingerprint density at radius 2 is 1.74 bits per heavy atom. The van der Waals surface area contributed by atoms with Gasteiger partial charge >= 0.3 is 0 Å². The van der Waals surface area contributed by atoms with Crippen molar-refractivity contribution in [3.63, 3.8) is 0 Å². The maximum Gasteiger partial charge on any atom is 0.220 e. The van der Waals surface area contributed by atoms with Crippen molar-refractivity contribution in [2.45, 2.75) is 65.3 Å². The molecule has 2 heteroatoms. The summed E-state index contributed by atoms with van der Waals surface area (Å²) in [6, 6.07) is 8.54. The van der Waals surface area contributed by atoms with Crippen LogP contribution in [0.3, 0.4) is 0 Å². The highest BCUT2D eigenvalue weighted by Gasteiger charge is 2.15. The van der Waals surface area contributed by atoms with E-state index < -0.39 is 0 Å². The molecule has 1 aromatic rings. The van der Waals surface area contributed by atoms with E-state index in [0.29, 0.717) is 6.42 Å². The topological polar surface area (TPSA) is 29.1 Å². The van der Waals surface area contributed by atoms with E-state index in [2.05, 4.69) is 50.4 Å². The number of hydrogen-bond donors (Lipinski definition) is 1. The Balaban J connectivity index is 2.62. The molecule has 0 saturated carbocycles. The van der Waals surface area contributed by atoms with Crippen LogP contribution in [-0.4, -0.2) is 11.4 Å². The SMILES string of the molecule is CC(C)(C)NC(=O)CCc1cccc(C(C)(C)C)c1. The summed E-state index contributed by atoms with van der Waals surface area (Å²) >= 11 is 0. The summed E-state index contributed by atoms with van der Waals surface area (Å²) in [5, 5.41) is 3.00. The summed E-state index contributed by atoms with van der Waals surface area (Å²) < 4.78 is 0. The average molecular weight is 261 g/mol. The van der Waals surface area contributed by atoms with Gasteiger partial charge in [0.25, 0.3) is 0 Å². The van der Waals surface area contributed by atoms with Crippen LogP contribution >= 0.6 is 0 Å². The van der Waals surface area contributed by atoms with Gasteiger partial charge < -0.3 is 5.32 Å². The molecule has 0 fully saturated rings. The molecule has 2 nitrogen and oxygen atoms in total. The molecule has 0 spiro atoms. The fraction of sp³-hybridized carbons (Fsp3) is 0.588. The minimum Gasteiger partial charge on any atom is -0.351 e. The van der Waals surface area contributed by atoms with Gasteiger partial charge in [0.2, 0.25) is 5.91 Å². The van der Waals surface area contributed by atoms with E-state index in [-0.39, 0.29) is 16.9 Å². The number of nitrogens with one attached hydrogen (secondary N) is 1. The molecular formula is C17H27NO. The Bertz CT molecular complexity index is 435. The van der Waals surface area contributed by atoms with Crippen LogP contribution in [0, 0.1) is 0 Å². The molecule has 0 heterocycles. The van der Waals surface area contributed by atoms with Crippen LogP contribution < -0.4 is 5.32 Å². The summed E-state index contributed by atoms with van der Waals surface area (Å²) in [4.78, 5) is 11.8. The lowest BCUT2D eigenvalue weighted by molar-refractivity contribution is -0.122. The average Bonchev–Trinajstić information content (AvgIpc) is 2.23. The van der Waals surface area contributed by atoms with Crippen molar-refractivity contribution >= 4 is 5.91 Å². The maximum absolute atomic E-state index is 11.8. The zero-order valence-corrected chi connectivity index (χ0v) is 13.1. The molecule has 0 unspecified atom stereocenters. The molecule has 0 saturated heterocycles. The molecular weight excluding hydrogens is 234 g/mol. The van der Waals surface area contributed by atoms with Gasteiger partial charge in [0.1, 0.15) is 0 Å². The zero-order chi connectivity index (χ0) is 14.7. The van der Waals surface area contributed by atoms with Gasteiger partial charge in [0, 0.05) is 12.0 Å². The Labute approximate surface area is 117 Å². The highest BCUT2D eigenvalue weighted by molar-refractivity contribution is 5.76. The molecule has 1 amide bonds. The first-order chi connectivity index (χ1) is 8.58. The quantitative estimate of drug-likeness (QED) is 0.880. The highest BCUT2D eigenvalue weighted by Crippen LogP contribution is 2.23. The fourth-order valence-corrected chi connectivity index (χ4v) is 1.93.